The number of nitrogens with zero attached hydrogens (tertiary/aromatic N) is 2. The van der Waals surface area contributed by atoms with Gasteiger partial charge in [-0.2, -0.15) is 5.26 Å². The molecule has 2 aromatic rings. The number of carbonyl (C=O) groups excluding carboxylic acids is 2. The van der Waals surface area contributed by atoms with Crippen molar-refractivity contribution in [3.05, 3.63) is 46.8 Å². The summed E-state index contributed by atoms with van der Waals surface area (Å²) in [5.41, 5.74) is 1.62. The van der Waals surface area contributed by atoms with Crippen LogP contribution < -0.4 is 5.32 Å². The molecule has 1 aromatic carbocycles. The van der Waals surface area contributed by atoms with E-state index in [-0.39, 0.29) is 5.56 Å². The molecule has 0 fully saturated rings. The van der Waals surface area contributed by atoms with E-state index in [2.05, 4.69) is 10.5 Å². The smallest absolute Gasteiger partial charge is 0.344 e. The monoisotopic (exact) mass is 327 g/mol. The Morgan fingerprint density at radius 2 is 2.21 bits per heavy atom. The number of benzene rings is 1. The van der Waals surface area contributed by atoms with Gasteiger partial charge in [-0.1, -0.05) is 18.1 Å². The minimum atomic E-state index is -1.01. The number of aryl methyl sites for hydroxylation is 2. The molecule has 24 heavy (non-hydrogen) atoms. The summed E-state index contributed by atoms with van der Waals surface area (Å²) in [4.78, 5) is 24.4. The summed E-state index contributed by atoms with van der Waals surface area (Å²) in [7, 11) is 0. The van der Waals surface area contributed by atoms with Gasteiger partial charge in [-0.3, -0.25) is 4.79 Å². The Balaban J connectivity index is 2.04. The number of nitrogens with one attached hydrogen (secondary N) is 1. The van der Waals surface area contributed by atoms with Crippen LogP contribution in [0.2, 0.25) is 0 Å². The number of hydrogen-bond acceptors (Lipinski definition) is 6. The van der Waals surface area contributed by atoms with Crippen molar-refractivity contribution < 1.29 is 18.8 Å². The van der Waals surface area contributed by atoms with Gasteiger partial charge >= 0.3 is 5.97 Å². The molecule has 1 amide bonds. The number of esters is 1. The Kier molecular flexibility index (Phi) is 5.32. The first-order valence-corrected chi connectivity index (χ1v) is 7.43. The molecule has 2 rings (SSSR count). The lowest BCUT2D eigenvalue weighted by atomic mass is 10.1. The van der Waals surface area contributed by atoms with E-state index in [4.69, 9.17) is 14.5 Å². The van der Waals surface area contributed by atoms with E-state index in [1.54, 1.807) is 25.1 Å². The molecule has 0 aliphatic carbocycles. The SMILES string of the molecule is CCc1noc(C)c1C(=O)OC(C)C(=O)Nc1cccc(C#N)c1. The average Bonchev–Trinajstić information content (AvgIpc) is 2.95. The van der Waals surface area contributed by atoms with Crippen LogP contribution in [0.3, 0.4) is 0 Å². The Morgan fingerprint density at radius 1 is 1.46 bits per heavy atom. The third-order valence-electron chi connectivity index (χ3n) is 3.38. The number of hydrogen-bond donors (Lipinski definition) is 1. The number of aromatic nitrogens is 1. The van der Waals surface area contributed by atoms with Gasteiger partial charge in [0, 0.05) is 5.69 Å². The second-order valence-electron chi connectivity index (χ2n) is 5.14. The maximum atomic E-state index is 12.2. The molecule has 1 unspecified atom stereocenters. The zero-order valence-electron chi connectivity index (χ0n) is 13.6. The van der Waals surface area contributed by atoms with Crippen molar-refractivity contribution in [3.8, 4) is 6.07 Å². The fourth-order valence-corrected chi connectivity index (χ4v) is 2.10. The van der Waals surface area contributed by atoms with Gasteiger partial charge in [0.15, 0.2) is 6.10 Å². The summed E-state index contributed by atoms with van der Waals surface area (Å²) < 4.78 is 10.2. The second-order valence-corrected chi connectivity index (χ2v) is 5.14. The summed E-state index contributed by atoms with van der Waals surface area (Å²) in [5.74, 6) is -0.796. The molecule has 0 aliphatic rings. The largest absolute Gasteiger partial charge is 0.449 e. The molecule has 1 heterocycles. The van der Waals surface area contributed by atoms with Crippen LogP contribution >= 0.6 is 0 Å². The van der Waals surface area contributed by atoms with Crippen LogP contribution in [-0.2, 0) is 16.0 Å². The van der Waals surface area contributed by atoms with E-state index >= 15 is 0 Å². The molecule has 124 valence electrons. The van der Waals surface area contributed by atoms with E-state index in [1.807, 2.05) is 13.0 Å². The van der Waals surface area contributed by atoms with E-state index in [0.29, 0.717) is 29.1 Å². The number of anilines is 1. The third kappa shape index (κ3) is 3.79. The summed E-state index contributed by atoms with van der Waals surface area (Å²) in [6.07, 6.45) is -0.495. The highest BCUT2D eigenvalue weighted by molar-refractivity contribution is 5.98. The standard InChI is InChI=1S/C17H17N3O4/c1-4-14-15(10(2)24-20-14)17(22)23-11(3)16(21)19-13-7-5-6-12(8-13)9-18/h5-8,11H,4H2,1-3H3,(H,19,21). The summed E-state index contributed by atoms with van der Waals surface area (Å²) in [6.45, 7) is 4.92. The van der Waals surface area contributed by atoms with Crippen molar-refractivity contribution in [1.82, 2.24) is 5.16 Å². The molecular formula is C17H17N3O4. The number of nitriles is 1. The van der Waals surface area contributed by atoms with Gasteiger partial charge in [-0.25, -0.2) is 4.79 Å². The topological polar surface area (TPSA) is 105 Å². The summed E-state index contributed by atoms with van der Waals surface area (Å²) in [5, 5.41) is 15.2. The molecule has 0 radical (unpaired) electrons. The van der Waals surface area contributed by atoms with Crippen molar-refractivity contribution in [2.75, 3.05) is 5.32 Å². The molecule has 0 spiro atoms. The normalized spacial score (nSPS) is 11.4. The van der Waals surface area contributed by atoms with Gasteiger partial charge in [-0.15, -0.1) is 0 Å². The van der Waals surface area contributed by atoms with Crippen LogP contribution in [0.1, 0.15) is 41.2 Å². The lowest BCUT2D eigenvalue weighted by molar-refractivity contribution is -0.123. The van der Waals surface area contributed by atoms with Gasteiger partial charge in [0.2, 0.25) is 0 Å². The van der Waals surface area contributed by atoms with Crippen LogP contribution in [0.25, 0.3) is 0 Å². The summed E-state index contributed by atoms with van der Waals surface area (Å²) in [6, 6.07) is 8.44. The van der Waals surface area contributed by atoms with E-state index in [1.165, 1.54) is 13.0 Å². The Morgan fingerprint density at radius 3 is 2.88 bits per heavy atom. The predicted molar refractivity (Wildman–Crippen MR) is 85.3 cm³/mol. The van der Waals surface area contributed by atoms with Gasteiger partial charge in [0.25, 0.3) is 5.91 Å². The molecule has 1 N–H and O–H groups in total. The number of ether oxygens (including phenoxy) is 1. The zero-order chi connectivity index (χ0) is 17.7. The first-order chi connectivity index (χ1) is 11.5. The molecular weight excluding hydrogens is 310 g/mol. The number of amides is 1. The van der Waals surface area contributed by atoms with Gasteiger partial charge in [0.1, 0.15) is 11.3 Å². The lowest BCUT2D eigenvalue weighted by Gasteiger charge is -2.13. The molecule has 1 aromatic heterocycles. The fourth-order valence-electron chi connectivity index (χ4n) is 2.10. The quantitative estimate of drug-likeness (QED) is 0.846. The minimum absolute atomic E-state index is 0.253. The Hall–Kier alpha value is -3.14. The Labute approximate surface area is 139 Å². The first-order valence-electron chi connectivity index (χ1n) is 7.43. The highest BCUT2D eigenvalue weighted by Gasteiger charge is 2.25. The molecule has 0 aliphatic heterocycles. The molecule has 7 nitrogen and oxygen atoms in total. The molecule has 0 saturated heterocycles. The second kappa shape index (κ2) is 7.42. The number of rotatable bonds is 5. The van der Waals surface area contributed by atoms with Crippen molar-refractivity contribution in [2.24, 2.45) is 0 Å². The highest BCUT2D eigenvalue weighted by atomic mass is 16.5. The van der Waals surface area contributed by atoms with Crippen LogP contribution in [0.4, 0.5) is 5.69 Å². The maximum absolute atomic E-state index is 12.2. The summed E-state index contributed by atoms with van der Waals surface area (Å²) >= 11 is 0. The number of carbonyl (C=O) groups is 2. The van der Waals surface area contributed by atoms with E-state index in [9.17, 15) is 9.59 Å². The molecule has 0 bridgehead atoms. The van der Waals surface area contributed by atoms with Crippen LogP contribution in [0, 0.1) is 18.3 Å². The lowest BCUT2D eigenvalue weighted by Crippen LogP contribution is -2.30. The first kappa shape index (κ1) is 17.2. The molecule has 1 atom stereocenters. The van der Waals surface area contributed by atoms with Crippen molar-refractivity contribution in [1.29, 1.82) is 5.26 Å². The van der Waals surface area contributed by atoms with Crippen LogP contribution in [0.15, 0.2) is 28.8 Å². The van der Waals surface area contributed by atoms with Crippen molar-refractivity contribution in [3.63, 3.8) is 0 Å². The highest BCUT2D eigenvalue weighted by Crippen LogP contribution is 2.17. The third-order valence-corrected chi connectivity index (χ3v) is 3.38. The van der Waals surface area contributed by atoms with Crippen LogP contribution in [-0.4, -0.2) is 23.1 Å². The van der Waals surface area contributed by atoms with Gasteiger partial charge < -0.3 is 14.6 Å². The van der Waals surface area contributed by atoms with E-state index in [0.717, 1.165) is 0 Å². The van der Waals surface area contributed by atoms with E-state index < -0.39 is 18.0 Å². The minimum Gasteiger partial charge on any atom is -0.449 e. The van der Waals surface area contributed by atoms with Gasteiger partial charge in [-0.05, 0) is 38.5 Å². The molecule has 0 saturated carbocycles. The average molecular weight is 327 g/mol. The van der Waals surface area contributed by atoms with Crippen molar-refractivity contribution >= 4 is 17.6 Å². The fraction of sp³-hybridized carbons (Fsp3) is 0.294. The van der Waals surface area contributed by atoms with Crippen LogP contribution in [0.5, 0.6) is 0 Å². The maximum Gasteiger partial charge on any atom is 0.344 e. The zero-order valence-corrected chi connectivity index (χ0v) is 13.6. The Bertz CT molecular complexity index is 804. The predicted octanol–water partition coefficient (Wildman–Crippen LogP) is 2.60. The van der Waals surface area contributed by atoms with Gasteiger partial charge in [0.05, 0.1) is 17.3 Å². The molecule has 7 heteroatoms. The van der Waals surface area contributed by atoms with Crippen molar-refractivity contribution in [2.45, 2.75) is 33.3 Å².